The van der Waals surface area contributed by atoms with Crippen LogP contribution < -0.4 is 15.8 Å². The normalized spacial score (nSPS) is 19.8. The summed E-state index contributed by atoms with van der Waals surface area (Å²) in [4.78, 5) is 0. The van der Waals surface area contributed by atoms with Gasteiger partial charge in [-0.1, -0.05) is 27.8 Å². The first kappa shape index (κ1) is 16.1. The minimum Gasteiger partial charge on any atom is -0.457 e. The van der Waals surface area contributed by atoms with E-state index in [1.165, 1.54) is 0 Å². The van der Waals surface area contributed by atoms with Crippen LogP contribution in [0.3, 0.4) is 0 Å². The van der Waals surface area contributed by atoms with Crippen LogP contribution in [0, 0.1) is 11.8 Å². The summed E-state index contributed by atoms with van der Waals surface area (Å²) >= 11 is 3.57. The lowest BCUT2D eigenvalue weighted by atomic mass is 9.73. The average molecular weight is 397 g/mol. The van der Waals surface area contributed by atoms with Crippen LogP contribution in [0.15, 0.2) is 52.8 Å². The fraction of sp³-hybridized carbons (Fsp3) is 0.200. The molecule has 2 aromatic rings. The molecule has 4 nitrogen and oxygen atoms in total. The monoisotopic (exact) mass is 396 g/mol. The fourth-order valence-corrected chi connectivity index (χ4v) is 3.78. The number of nitrogens with one attached hydrogen (secondary N) is 1. The highest BCUT2D eigenvalue weighted by atomic mass is 79.9. The Bertz CT molecular complexity index is 942. The molecule has 0 amide bonds. The molecule has 0 fully saturated rings. The van der Waals surface area contributed by atoms with Crippen LogP contribution in [-0.4, -0.2) is 20.3 Å². The zero-order valence-electron chi connectivity index (χ0n) is 13.7. The zero-order valence-corrected chi connectivity index (χ0v) is 15.3. The molecule has 5 heteroatoms. The summed E-state index contributed by atoms with van der Waals surface area (Å²) in [5, 5.41) is 3.27. The summed E-state index contributed by atoms with van der Waals surface area (Å²) in [5.74, 6) is 8.49. The summed E-state index contributed by atoms with van der Waals surface area (Å²) in [5.41, 5.74) is 8.80. The van der Waals surface area contributed by atoms with Crippen LogP contribution in [-0.2, 0) is 10.2 Å². The van der Waals surface area contributed by atoms with Crippen molar-refractivity contribution in [3.8, 4) is 23.3 Å². The highest BCUT2D eigenvalue weighted by Gasteiger charge is 2.43. The maximum absolute atomic E-state index is 6.14. The van der Waals surface area contributed by atoms with E-state index in [1.54, 1.807) is 7.11 Å². The predicted molar refractivity (Wildman–Crippen MR) is 100 cm³/mol. The van der Waals surface area contributed by atoms with E-state index in [0.29, 0.717) is 19.0 Å². The Hall–Kier alpha value is -2.42. The van der Waals surface area contributed by atoms with Crippen LogP contribution >= 0.6 is 15.9 Å². The SMILES string of the molecule is COCC#Cc1ccc2c(c1)C1(C=C(N)NC1)c1cc(Br)ccc1O2. The van der Waals surface area contributed by atoms with Gasteiger partial charge >= 0.3 is 0 Å². The Labute approximate surface area is 155 Å². The van der Waals surface area contributed by atoms with Gasteiger partial charge in [0.25, 0.3) is 0 Å². The molecule has 2 aliphatic heterocycles. The first-order valence-corrected chi connectivity index (χ1v) is 8.74. The second-order valence-electron chi connectivity index (χ2n) is 6.11. The van der Waals surface area contributed by atoms with Gasteiger partial charge < -0.3 is 20.5 Å². The van der Waals surface area contributed by atoms with Gasteiger partial charge in [0.05, 0.1) is 11.2 Å². The van der Waals surface area contributed by atoms with Gasteiger partial charge in [0.1, 0.15) is 18.1 Å². The topological polar surface area (TPSA) is 56.5 Å². The second kappa shape index (κ2) is 6.14. The Morgan fingerprint density at radius 1 is 1.24 bits per heavy atom. The van der Waals surface area contributed by atoms with Crippen LogP contribution in [0.4, 0.5) is 0 Å². The molecule has 2 heterocycles. The number of methoxy groups -OCH3 is 1. The molecule has 3 N–H and O–H groups in total. The molecule has 25 heavy (non-hydrogen) atoms. The van der Waals surface area contributed by atoms with Crippen molar-refractivity contribution in [3.63, 3.8) is 0 Å². The molecule has 0 saturated carbocycles. The van der Waals surface area contributed by atoms with Gasteiger partial charge in [-0.3, -0.25) is 0 Å². The lowest BCUT2D eigenvalue weighted by molar-refractivity contribution is 0.240. The van der Waals surface area contributed by atoms with Crippen molar-refractivity contribution in [2.24, 2.45) is 5.73 Å². The molecule has 0 aliphatic carbocycles. The molecule has 1 atom stereocenters. The van der Waals surface area contributed by atoms with Gasteiger partial charge in [0.15, 0.2) is 0 Å². The molecule has 4 rings (SSSR count). The van der Waals surface area contributed by atoms with Crippen molar-refractivity contribution in [1.82, 2.24) is 5.32 Å². The first-order valence-electron chi connectivity index (χ1n) is 7.95. The van der Waals surface area contributed by atoms with E-state index in [0.717, 1.165) is 32.7 Å². The maximum atomic E-state index is 6.14. The summed E-state index contributed by atoms with van der Waals surface area (Å²) in [6, 6.07) is 12.1. The van der Waals surface area contributed by atoms with E-state index < -0.39 is 0 Å². The van der Waals surface area contributed by atoms with Crippen molar-refractivity contribution < 1.29 is 9.47 Å². The number of nitrogens with two attached hydrogens (primary N) is 1. The van der Waals surface area contributed by atoms with Crippen LogP contribution in [0.2, 0.25) is 0 Å². The molecule has 0 radical (unpaired) electrons. The molecule has 0 aromatic heterocycles. The van der Waals surface area contributed by atoms with Gasteiger partial charge in [-0.25, -0.2) is 0 Å². The first-order chi connectivity index (χ1) is 12.1. The Morgan fingerprint density at radius 2 is 2.00 bits per heavy atom. The van der Waals surface area contributed by atoms with Crippen molar-refractivity contribution >= 4 is 15.9 Å². The summed E-state index contributed by atoms with van der Waals surface area (Å²) in [6.07, 6.45) is 2.08. The van der Waals surface area contributed by atoms with Gasteiger partial charge in [-0.15, -0.1) is 0 Å². The summed E-state index contributed by atoms with van der Waals surface area (Å²) in [6.45, 7) is 1.09. The Balaban J connectivity index is 1.90. The standard InChI is InChI=1S/C20H17BrN2O2/c1-24-8-2-3-13-4-6-17-15(9-13)20(11-19(22)23-12-20)16-10-14(21)5-7-18(16)25-17/h4-7,9-11,23H,8,12,22H2,1H3. The number of rotatable bonds is 1. The molecule has 2 aliphatic rings. The Morgan fingerprint density at radius 3 is 2.72 bits per heavy atom. The van der Waals surface area contributed by atoms with Gasteiger partial charge in [-0.2, -0.15) is 0 Å². The van der Waals surface area contributed by atoms with E-state index in [2.05, 4.69) is 51.3 Å². The largest absolute Gasteiger partial charge is 0.457 e. The number of fused-ring (bicyclic) bond motifs is 4. The third-order valence-electron chi connectivity index (χ3n) is 4.52. The van der Waals surface area contributed by atoms with E-state index >= 15 is 0 Å². The molecule has 0 saturated heterocycles. The summed E-state index contributed by atoms with van der Waals surface area (Å²) < 4.78 is 12.2. The number of hydrogen-bond acceptors (Lipinski definition) is 4. The van der Waals surface area contributed by atoms with Crippen molar-refractivity contribution in [2.45, 2.75) is 5.41 Å². The van der Waals surface area contributed by atoms with Gasteiger partial charge in [0, 0.05) is 34.8 Å². The number of benzene rings is 2. The van der Waals surface area contributed by atoms with Crippen LogP contribution in [0.5, 0.6) is 11.5 Å². The predicted octanol–water partition coefficient (Wildman–Crippen LogP) is 3.24. The molecular formula is C20H17BrN2O2. The van der Waals surface area contributed by atoms with Crippen molar-refractivity contribution in [1.29, 1.82) is 0 Å². The molecular weight excluding hydrogens is 380 g/mol. The smallest absolute Gasteiger partial charge is 0.132 e. The zero-order chi connectivity index (χ0) is 17.4. The fourth-order valence-electron chi connectivity index (χ4n) is 3.41. The van der Waals surface area contributed by atoms with Gasteiger partial charge in [-0.05, 0) is 42.5 Å². The summed E-state index contributed by atoms with van der Waals surface area (Å²) in [7, 11) is 1.64. The minimum absolute atomic E-state index is 0.365. The van der Waals surface area contributed by atoms with Gasteiger partial charge in [0.2, 0.25) is 0 Å². The highest BCUT2D eigenvalue weighted by molar-refractivity contribution is 9.10. The lowest BCUT2D eigenvalue weighted by Crippen LogP contribution is -2.34. The van der Waals surface area contributed by atoms with E-state index in [-0.39, 0.29) is 5.41 Å². The van der Waals surface area contributed by atoms with E-state index in [1.807, 2.05) is 24.3 Å². The quantitative estimate of drug-likeness (QED) is 0.726. The molecule has 1 spiro atoms. The number of hydrogen-bond donors (Lipinski definition) is 2. The molecule has 1 unspecified atom stereocenters. The highest BCUT2D eigenvalue weighted by Crippen LogP contribution is 2.51. The third-order valence-corrected chi connectivity index (χ3v) is 5.02. The maximum Gasteiger partial charge on any atom is 0.132 e. The number of halogens is 1. The van der Waals surface area contributed by atoms with E-state index in [4.69, 9.17) is 15.2 Å². The molecule has 0 bridgehead atoms. The van der Waals surface area contributed by atoms with E-state index in [9.17, 15) is 0 Å². The third kappa shape index (κ3) is 2.68. The van der Waals surface area contributed by atoms with Crippen LogP contribution in [0.1, 0.15) is 16.7 Å². The van der Waals surface area contributed by atoms with Crippen molar-refractivity contribution in [2.75, 3.05) is 20.3 Å². The Kier molecular flexibility index (Phi) is 3.95. The van der Waals surface area contributed by atoms with Crippen molar-refractivity contribution in [3.05, 3.63) is 69.5 Å². The molecule has 126 valence electrons. The van der Waals surface area contributed by atoms with Crippen LogP contribution in [0.25, 0.3) is 0 Å². The number of ether oxygens (including phenoxy) is 2. The molecule has 2 aromatic carbocycles. The second-order valence-corrected chi connectivity index (χ2v) is 7.03. The minimum atomic E-state index is -0.365. The average Bonchev–Trinajstić information content (AvgIpc) is 2.99. The lowest BCUT2D eigenvalue weighted by Gasteiger charge is -2.35.